The summed E-state index contributed by atoms with van der Waals surface area (Å²) in [5, 5.41) is 3.33. The number of nitrogens with one attached hydrogen (secondary N) is 1. The van der Waals surface area contributed by atoms with Gasteiger partial charge >= 0.3 is 5.97 Å². The maximum Gasteiger partial charge on any atom is 0.310 e. The minimum atomic E-state index is -2.79. The summed E-state index contributed by atoms with van der Waals surface area (Å²) in [5.41, 5.74) is 1.07. The third-order valence-electron chi connectivity index (χ3n) is 4.18. The van der Waals surface area contributed by atoms with E-state index in [0.29, 0.717) is 0 Å². The Bertz CT molecular complexity index is 493. The van der Waals surface area contributed by atoms with E-state index in [1.165, 1.54) is 0 Å². The minimum Gasteiger partial charge on any atom is -0.466 e. The number of carbonyl (C=O) groups is 1. The van der Waals surface area contributed by atoms with E-state index < -0.39 is 24.2 Å². The zero-order valence-electron chi connectivity index (χ0n) is 13.0. The van der Waals surface area contributed by atoms with E-state index in [-0.39, 0.29) is 31.5 Å². The second-order valence-electron chi connectivity index (χ2n) is 5.86. The first-order chi connectivity index (χ1) is 10.4. The van der Waals surface area contributed by atoms with Gasteiger partial charge in [-0.1, -0.05) is 30.3 Å². The highest BCUT2D eigenvalue weighted by Crippen LogP contribution is 2.38. The molecule has 0 aromatic heterocycles. The van der Waals surface area contributed by atoms with Crippen LogP contribution in [0.4, 0.5) is 8.78 Å². The fraction of sp³-hybridized carbons (Fsp3) is 0.588. The molecule has 2 rings (SSSR count). The number of hydrogen-bond acceptors (Lipinski definition) is 3. The molecule has 0 spiro atoms. The Balaban J connectivity index is 2.08. The van der Waals surface area contributed by atoms with Gasteiger partial charge in [0.05, 0.1) is 12.5 Å². The molecule has 0 heterocycles. The van der Waals surface area contributed by atoms with Gasteiger partial charge in [-0.05, 0) is 25.8 Å². The molecule has 1 saturated carbocycles. The van der Waals surface area contributed by atoms with Gasteiger partial charge in [-0.15, -0.1) is 0 Å². The average molecular weight is 311 g/mol. The van der Waals surface area contributed by atoms with Gasteiger partial charge < -0.3 is 10.1 Å². The Hall–Kier alpha value is -1.49. The first kappa shape index (κ1) is 16.9. The molecule has 1 aliphatic carbocycles. The average Bonchev–Trinajstić information content (AvgIpc) is 2.50. The van der Waals surface area contributed by atoms with E-state index in [4.69, 9.17) is 4.74 Å². The highest BCUT2D eigenvalue weighted by molar-refractivity contribution is 5.73. The number of ether oxygens (including phenoxy) is 1. The highest BCUT2D eigenvalue weighted by Gasteiger charge is 2.45. The normalized spacial score (nSPS) is 25.5. The molecule has 0 unspecified atom stereocenters. The van der Waals surface area contributed by atoms with Crippen LogP contribution in [0.5, 0.6) is 0 Å². The smallest absolute Gasteiger partial charge is 0.310 e. The van der Waals surface area contributed by atoms with Crippen LogP contribution in [-0.2, 0) is 9.53 Å². The van der Waals surface area contributed by atoms with Crippen LogP contribution in [0.1, 0.15) is 44.7 Å². The summed E-state index contributed by atoms with van der Waals surface area (Å²) in [6, 6.07) is 9.47. The second kappa shape index (κ2) is 7.18. The van der Waals surface area contributed by atoms with E-state index in [2.05, 4.69) is 5.32 Å². The van der Waals surface area contributed by atoms with Crippen LogP contribution >= 0.6 is 0 Å². The van der Waals surface area contributed by atoms with Crippen molar-refractivity contribution in [3.8, 4) is 0 Å². The number of alkyl halides is 2. The Labute approximate surface area is 130 Å². The Morgan fingerprint density at radius 2 is 2.09 bits per heavy atom. The predicted octanol–water partition coefficient (Wildman–Crippen LogP) is 3.70. The van der Waals surface area contributed by atoms with Crippen molar-refractivity contribution in [2.75, 3.05) is 6.61 Å². The van der Waals surface area contributed by atoms with Crippen LogP contribution in [0.15, 0.2) is 30.3 Å². The predicted molar refractivity (Wildman–Crippen MR) is 80.7 cm³/mol. The summed E-state index contributed by atoms with van der Waals surface area (Å²) in [4.78, 5) is 12.0. The summed E-state index contributed by atoms with van der Waals surface area (Å²) in [6.45, 7) is 3.88. The number of rotatable bonds is 5. The molecule has 1 aromatic rings. The number of carbonyl (C=O) groups excluding carboxylic acids is 1. The van der Waals surface area contributed by atoms with Crippen molar-refractivity contribution in [3.63, 3.8) is 0 Å². The molecule has 1 fully saturated rings. The van der Waals surface area contributed by atoms with Gasteiger partial charge in [0, 0.05) is 24.9 Å². The molecule has 0 amide bonds. The topological polar surface area (TPSA) is 38.3 Å². The lowest BCUT2D eigenvalue weighted by molar-refractivity contribution is -0.157. The lowest BCUT2D eigenvalue weighted by Gasteiger charge is -2.36. The van der Waals surface area contributed by atoms with Gasteiger partial charge in [-0.2, -0.15) is 0 Å². The largest absolute Gasteiger partial charge is 0.466 e. The van der Waals surface area contributed by atoms with Crippen LogP contribution in [0.3, 0.4) is 0 Å². The summed E-state index contributed by atoms with van der Waals surface area (Å²) in [6.07, 6.45) is -0.360. The molecule has 0 bridgehead atoms. The second-order valence-corrected chi connectivity index (χ2v) is 5.86. The van der Waals surface area contributed by atoms with Gasteiger partial charge in [-0.3, -0.25) is 4.79 Å². The van der Waals surface area contributed by atoms with Crippen molar-refractivity contribution in [2.24, 2.45) is 5.92 Å². The molecule has 1 aliphatic rings. The van der Waals surface area contributed by atoms with Crippen LogP contribution in [0.25, 0.3) is 0 Å². The third-order valence-corrected chi connectivity index (χ3v) is 4.18. The molecule has 0 radical (unpaired) electrons. The molecule has 3 nitrogen and oxygen atoms in total. The first-order valence-corrected chi connectivity index (χ1v) is 7.78. The standard InChI is InChI=1S/C17H23F2NO2/c1-3-22-16(21)14-11-17(18,19)10-9-15(14)20-12(2)13-7-5-4-6-8-13/h4-8,12,14-15,20H,3,9-11H2,1-2H3/t12-,14-,15+/m0/s1. The molecule has 5 heteroatoms. The summed E-state index contributed by atoms with van der Waals surface area (Å²) < 4.78 is 32.3. The van der Waals surface area contributed by atoms with Gasteiger partial charge in [-0.25, -0.2) is 8.78 Å². The zero-order valence-corrected chi connectivity index (χ0v) is 13.0. The Morgan fingerprint density at radius 1 is 1.41 bits per heavy atom. The Kier molecular flexibility index (Phi) is 5.51. The van der Waals surface area contributed by atoms with Crippen molar-refractivity contribution in [2.45, 2.75) is 51.1 Å². The molecule has 1 N–H and O–H groups in total. The first-order valence-electron chi connectivity index (χ1n) is 7.78. The molecule has 122 valence electrons. The highest BCUT2D eigenvalue weighted by atomic mass is 19.3. The zero-order chi connectivity index (χ0) is 16.2. The summed E-state index contributed by atoms with van der Waals surface area (Å²) >= 11 is 0. The van der Waals surface area contributed by atoms with Crippen LogP contribution < -0.4 is 5.32 Å². The van der Waals surface area contributed by atoms with E-state index in [0.717, 1.165) is 5.56 Å². The van der Waals surface area contributed by atoms with Crippen molar-refractivity contribution in [3.05, 3.63) is 35.9 Å². The molecule has 1 aromatic carbocycles. The quantitative estimate of drug-likeness (QED) is 0.843. The maximum absolute atomic E-state index is 13.7. The molecule has 3 atom stereocenters. The van der Waals surface area contributed by atoms with E-state index in [1.54, 1.807) is 6.92 Å². The summed E-state index contributed by atoms with van der Waals surface area (Å²) in [7, 11) is 0. The minimum absolute atomic E-state index is 0.00477. The Morgan fingerprint density at radius 3 is 2.73 bits per heavy atom. The molecule has 22 heavy (non-hydrogen) atoms. The van der Waals surface area contributed by atoms with Crippen molar-refractivity contribution >= 4 is 5.97 Å². The molecular weight excluding hydrogens is 288 g/mol. The number of hydrogen-bond donors (Lipinski definition) is 1. The van der Waals surface area contributed by atoms with Crippen molar-refractivity contribution < 1.29 is 18.3 Å². The van der Waals surface area contributed by atoms with Gasteiger partial charge in [0.2, 0.25) is 5.92 Å². The number of halogens is 2. The monoisotopic (exact) mass is 311 g/mol. The fourth-order valence-electron chi connectivity index (χ4n) is 2.99. The van der Waals surface area contributed by atoms with Crippen LogP contribution in [0, 0.1) is 5.92 Å². The van der Waals surface area contributed by atoms with Gasteiger partial charge in [0.1, 0.15) is 0 Å². The van der Waals surface area contributed by atoms with Crippen LogP contribution in [0.2, 0.25) is 0 Å². The van der Waals surface area contributed by atoms with Crippen molar-refractivity contribution in [1.82, 2.24) is 5.32 Å². The summed E-state index contributed by atoms with van der Waals surface area (Å²) in [5.74, 6) is -4.11. The van der Waals surface area contributed by atoms with E-state index in [9.17, 15) is 13.6 Å². The lowest BCUT2D eigenvalue weighted by atomic mass is 9.81. The third kappa shape index (κ3) is 4.26. The maximum atomic E-state index is 13.7. The fourth-order valence-corrected chi connectivity index (χ4v) is 2.99. The SMILES string of the molecule is CCOC(=O)[C@H]1CC(F)(F)CC[C@H]1N[C@@H](C)c1ccccc1. The van der Waals surface area contributed by atoms with E-state index in [1.807, 2.05) is 37.3 Å². The van der Waals surface area contributed by atoms with Crippen molar-refractivity contribution in [1.29, 1.82) is 0 Å². The molecular formula is C17H23F2NO2. The molecule has 0 saturated heterocycles. The number of esters is 1. The number of benzene rings is 1. The van der Waals surface area contributed by atoms with Gasteiger partial charge in [0.15, 0.2) is 0 Å². The lowest BCUT2D eigenvalue weighted by Crippen LogP contribution is -2.48. The van der Waals surface area contributed by atoms with Gasteiger partial charge in [0.25, 0.3) is 0 Å². The van der Waals surface area contributed by atoms with E-state index >= 15 is 0 Å². The van der Waals surface area contributed by atoms with Crippen LogP contribution in [-0.4, -0.2) is 24.5 Å². The molecule has 0 aliphatic heterocycles.